The molecule has 1 unspecified atom stereocenters. The van der Waals surface area contributed by atoms with Crippen LogP contribution in [-0.2, 0) is 17.8 Å². The van der Waals surface area contributed by atoms with Crippen LogP contribution in [0, 0.1) is 5.92 Å². The van der Waals surface area contributed by atoms with E-state index < -0.39 is 0 Å². The van der Waals surface area contributed by atoms with E-state index >= 15 is 0 Å². The van der Waals surface area contributed by atoms with Crippen molar-refractivity contribution >= 4 is 11.6 Å². The van der Waals surface area contributed by atoms with E-state index in [1.165, 1.54) is 39.0 Å². The van der Waals surface area contributed by atoms with E-state index in [1.54, 1.807) is 12.4 Å². The first-order chi connectivity index (χ1) is 12.1. The van der Waals surface area contributed by atoms with E-state index in [2.05, 4.69) is 33.7 Å². The van der Waals surface area contributed by atoms with Gasteiger partial charge in [0.1, 0.15) is 0 Å². The van der Waals surface area contributed by atoms with Gasteiger partial charge in [-0.15, -0.1) is 5.10 Å². The highest BCUT2D eigenvalue weighted by Crippen LogP contribution is 2.31. The van der Waals surface area contributed by atoms with Gasteiger partial charge in [-0.05, 0) is 36.8 Å². The van der Waals surface area contributed by atoms with Crippen LogP contribution >= 0.6 is 0 Å². The Labute approximate surface area is 149 Å². The van der Waals surface area contributed by atoms with Crippen LogP contribution in [0.2, 0.25) is 0 Å². The highest BCUT2D eigenvalue weighted by atomic mass is 16.1. The van der Waals surface area contributed by atoms with Gasteiger partial charge < -0.3 is 5.32 Å². The van der Waals surface area contributed by atoms with Gasteiger partial charge >= 0.3 is 0 Å². The molecule has 3 rings (SSSR count). The minimum Gasteiger partial charge on any atom is -0.325 e. The molecular formula is C19H27N5O. The van der Waals surface area contributed by atoms with Crippen molar-refractivity contribution in [3.05, 3.63) is 35.9 Å². The lowest BCUT2D eigenvalue weighted by atomic mass is 9.87. The van der Waals surface area contributed by atoms with Gasteiger partial charge in [0.05, 0.1) is 17.6 Å². The van der Waals surface area contributed by atoms with Crippen molar-refractivity contribution < 1.29 is 4.79 Å². The highest BCUT2D eigenvalue weighted by molar-refractivity contribution is 5.89. The number of carbonyl (C=O) groups excluding carboxylic acids is 1. The first kappa shape index (κ1) is 17.6. The average molecular weight is 341 g/mol. The molecule has 1 fully saturated rings. The number of nitrogens with zero attached hydrogens (tertiary/aromatic N) is 4. The van der Waals surface area contributed by atoms with Gasteiger partial charge in [-0.25, -0.2) is 0 Å². The third kappa shape index (κ3) is 4.87. The number of anilines is 1. The minimum atomic E-state index is -0.0738. The van der Waals surface area contributed by atoms with Crippen molar-refractivity contribution in [1.82, 2.24) is 20.0 Å². The van der Waals surface area contributed by atoms with Crippen LogP contribution in [0.25, 0.3) is 0 Å². The summed E-state index contributed by atoms with van der Waals surface area (Å²) in [6.45, 7) is 4.53. The normalized spacial score (nSPS) is 16.6. The van der Waals surface area contributed by atoms with Crippen molar-refractivity contribution in [2.45, 2.75) is 64.8 Å². The summed E-state index contributed by atoms with van der Waals surface area (Å²) in [4.78, 5) is 15.4. The van der Waals surface area contributed by atoms with Gasteiger partial charge in [-0.3, -0.25) is 14.5 Å². The lowest BCUT2D eigenvalue weighted by molar-refractivity contribution is -0.114. The van der Waals surface area contributed by atoms with Crippen molar-refractivity contribution in [3.8, 4) is 0 Å². The molecule has 1 atom stereocenters. The third-order valence-corrected chi connectivity index (χ3v) is 4.87. The Morgan fingerprint density at radius 3 is 2.92 bits per heavy atom. The van der Waals surface area contributed by atoms with Crippen LogP contribution in [0.15, 0.2) is 24.7 Å². The Kier molecular flexibility index (Phi) is 5.79. The second-order valence-electron chi connectivity index (χ2n) is 7.22. The predicted molar refractivity (Wildman–Crippen MR) is 97.3 cm³/mol. The van der Waals surface area contributed by atoms with Crippen molar-refractivity contribution in [2.75, 3.05) is 5.32 Å². The summed E-state index contributed by atoms with van der Waals surface area (Å²) in [6.07, 6.45) is 12.9. The maximum atomic E-state index is 11.3. The zero-order valence-electron chi connectivity index (χ0n) is 15.1. The second kappa shape index (κ2) is 8.23. The van der Waals surface area contributed by atoms with Gasteiger partial charge in [0.15, 0.2) is 0 Å². The van der Waals surface area contributed by atoms with E-state index in [1.807, 2.05) is 10.7 Å². The van der Waals surface area contributed by atoms with Gasteiger partial charge in [-0.2, -0.15) is 0 Å². The molecule has 134 valence electrons. The van der Waals surface area contributed by atoms with Crippen molar-refractivity contribution in [3.63, 3.8) is 0 Å². The average Bonchev–Trinajstić information content (AvgIpc) is 3.05. The molecule has 1 aliphatic rings. The summed E-state index contributed by atoms with van der Waals surface area (Å²) < 4.78 is 1.97. The lowest BCUT2D eigenvalue weighted by Crippen LogP contribution is -2.14. The monoisotopic (exact) mass is 341 g/mol. The van der Waals surface area contributed by atoms with E-state index in [9.17, 15) is 4.79 Å². The van der Waals surface area contributed by atoms with Gasteiger partial charge in [0.25, 0.3) is 0 Å². The first-order valence-electron chi connectivity index (χ1n) is 9.22. The molecular weight excluding hydrogens is 314 g/mol. The SMILES string of the molecule is CC(=O)Nc1cnccc1CC(C)Cn1cc(C2CCCCC2)nn1. The highest BCUT2D eigenvalue weighted by Gasteiger charge is 2.19. The summed E-state index contributed by atoms with van der Waals surface area (Å²) in [5, 5.41) is 11.6. The first-order valence-corrected chi connectivity index (χ1v) is 9.22. The summed E-state index contributed by atoms with van der Waals surface area (Å²) in [5.41, 5.74) is 3.04. The summed E-state index contributed by atoms with van der Waals surface area (Å²) in [7, 11) is 0. The Bertz CT molecular complexity index is 705. The summed E-state index contributed by atoms with van der Waals surface area (Å²) in [6, 6.07) is 1.97. The van der Waals surface area contributed by atoms with Crippen LogP contribution in [0.1, 0.15) is 63.1 Å². The van der Waals surface area contributed by atoms with E-state index in [-0.39, 0.29) is 5.91 Å². The molecule has 0 aromatic carbocycles. The predicted octanol–water partition coefficient (Wildman–Crippen LogP) is 3.56. The smallest absolute Gasteiger partial charge is 0.221 e. The lowest BCUT2D eigenvalue weighted by Gasteiger charge is -2.18. The fraction of sp³-hybridized carbons (Fsp3) is 0.579. The van der Waals surface area contributed by atoms with E-state index in [4.69, 9.17) is 0 Å². The number of hydrogen-bond donors (Lipinski definition) is 1. The minimum absolute atomic E-state index is 0.0738. The number of aromatic nitrogens is 4. The molecule has 1 N–H and O–H groups in total. The fourth-order valence-electron chi connectivity index (χ4n) is 3.65. The molecule has 2 heterocycles. The van der Waals surface area contributed by atoms with Crippen molar-refractivity contribution in [1.29, 1.82) is 0 Å². The molecule has 0 saturated heterocycles. The maximum Gasteiger partial charge on any atom is 0.221 e. The molecule has 1 amide bonds. The van der Waals surface area contributed by atoms with Gasteiger partial charge in [-0.1, -0.05) is 31.4 Å². The Morgan fingerprint density at radius 1 is 1.36 bits per heavy atom. The molecule has 2 aromatic heterocycles. The van der Waals surface area contributed by atoms with Gasteiger partial charge in [0, 0.05) is 31.8 Å². The molecule has 6 nitrogen and oxygen atoms in total. The molecule has 0 spiro atoms. The van der Waals surface area contributed by atoms with Gasteiger partial charge in [0.2, 0.25) is 5.91 Å². The molecule has 1 saturated carbocycles. The number of nitrogens with one attached hydrogen (secondary N) is 1. The van der Waals surface area contributed by atoms with Crippen LogP contribution in [0.4, 0.5) is 5.69 Å². The topological polar surface area (TPSA) is 72.7 Å². The molecule has 6 heteroatoms. The number of hydrogen-bond acceptors (Lipinski definition) is 4. The Hall–Kier alpha value is -2.24. The Balaban J connectivity index is 1.60. The summed E-state index contributed by atoms with van der Waals surface area (Å²) in [5.74, 6) is 0.899. The fourth-order valence-corrected chi connectivity index (χ4v) is 3.65. The van der Waals surface area contributed by atoms with Crippen LogP contribution in [0.5, 0.6) is 0 Å². The Morgan fingerprint density at radius 2 is 2.16 bits per heavy atom. The largest absolute Gasteiger partial charge is 0.325 e. The van der Waals surface area contributed by atoms with Crippen LogP contribution < -0.4 is 5.32 Å². The third-order valence-electron chi connectivity index (χ3n) is 4.87. The molecule has 0 bridgehead atoms. The van der Waals surface area contributed by atoms with E-state index in [0.717, 1.165) is 29.9 Å². The summed E-state index contributed by atoms with van der Waals surface area (Å²) >= 11 is 0. The standard InChI is InChI=1S/C19H27N5O/c1-14(10-17-8-9-20-11-18(17)21-15(2)25)12-24-13-19(22-23-24)16-6-4-3-5-7-16/h8-9,11,13-14,16H,3-7,10,12H2,1-2H3,(H,21,25). The van der Waals surface area contributed by atoms with Crippen molar-refractivity contribution in [2.24, 2.45) is 5.92 Å². The number of carbonyl (C=O) groups is 1. The van der Waals surface area contributed by atoms with Crippen LogP contribution in [0.3, 0.4) is 0 Å². The molecule has 1 aliphatic carbocycles. The number of pyridine rings is 1. The molecule has 25 heavy (non-hydrogen) atoms. The maximum absolute atomic E-state index is 11.3. The quantitative estimate of drug-likeness (QED) is 0.872. The zero-order chi connectivity index (χ0) is 17.6. The number of rotatable bonds is 6. The molecule has 0 aliphatic heterocycles. The second-order valence-corrected chi connectivity index (χ2v) is 7.22. The molecule has 0 radical (unpaired) electrons. The zero-order valence-corrected chi connectivity index (χ0v) is 15.1. The van der Waals surface area contributed by atoms with Crippen LogP contribution in [-0.4, -0.2) is 25.9 Å². The molecule has 2 aromatic rings. The van der Waals surface area contributed by atoms with E-state index in [0.29, 0.717) is 11.8 Å². The number of amides is 1.